The molecule has 0 spiro atoms. The van der Waals surface area contributed by atoms with Gasteiger partial charge in [-0.05, 0) is 117 Å². The average molecular weight is 722 g/mol. The maximum absolute atomic E-state index is 6.46. The van der Waals surface area contributed by atoms with Crippen LogP contribution in [-0.2, 0) is 0 Å². The highest BCUT2D eigenvalue weighted by molar-refractivity contribution is 6.19. The van der Waals surface area contributed by atoms with Crippen LogP contribution in [-0.4, -0.2) is 10.8 Å². The predicted molar refractivity (Wildman–Crippen MR) is 244 cm³/mol. The molecule has 0 aliphatic rings. The van der Waals surface area contributed by atoms with E-state index in [-0.39, 0.29) is 0 Å². The van der Waals surface area contributed by atoms with Gasteiger partial charge in [-0.3, -0.25) is 0 Å². The summed E-state index contributed by atoms with van der Waals surface area (Å²) in [5.41, 5.74) is 18.0. The summed E-state index contributed by atoms with van der Waals surface area (Å²) in [4.78, 5) is 0. The molecule has 270 valence electrons. The number of aryl methyl sites for hydroxylation is 1. The minimum atomic E-state index is 0.768. The average Bonchev–Trinajstić information content (AvgIpc) is 3.58. The van der Waals surface area contributed by atoms with Crippen LogP contribution in [0.15, 0.2) is 195 Å². The zero-order chi connectivity index (χ0) is 38.6. The highest BCUT2D eigenvalue weighted by Crippen LogP contribution is 2.40. The largest absolute Gasteiger partial charge is 0.398 e. The molecule has 3 N–H and O–H groups in total. The van der Waals surface area contributed by atoms with Gasteiger partial charge in [-0.2, -0.15) is 0 Å². The van der Waals surface area contributed by atoms with Gasteiger partial charge < -0.3 is 15.7 Å². The standard InChI is InChI=1S/C48H36N2.C5H7N/c1-3-4-16-46(49)43-15-9-12-37-28-32(18-23-41(37)43)33-19-24-42-38(29-33)21-26-45-44-25-20-35(34-17-22-40-31(2)10-8-11-36(40)27-34)30-47(44)50(48(42)45)39-13-6-5-7-14-39;1-2-3-4-5-6/h3-30H,49H2,1-2H3;2-6H,1H2/b4-3-,46-16-;4-3-,6-5?. The third kappa shape index (κ3) is 6.72. The van der Waals surface area contributed by atoms with Crippen LogP contribution in [0.5, 0.6) is 0 Å². The Labute approximate surface area is 328 Å². The van der Waals surface area contributed by atoms with Gasteiger partial charge in [-0.1, -0.05) is 146 Å². The lowest BCUT2D eigenvalue weighted by molar-refractivity contribution is 1.19. The molecule has 0 unspecified atom stereocenters. The van der Waals surface area contributed by atoms with Gasteiger partial charge in [-0.25, -0.2) is 0 Å². The third-order valence-electron chi connectivity index (χ3n) is 10.5. The number of nitrogens with zero attached hydrogens (tertiary/aromatic N) is 1. The van der Waals surface area contributed by atoms with Crippen LogP contribution >= 0.6 is 0 Å². The van der Waals surface area contributed by atoms with Crippen molar-refractivity contribution in [2.45, 2.75) is 13.8 Å². The van der Waals surface area contributed by atoms with E-state index in [4.69, 9.17) is 11.1 Å². The molecule has 9 rings (SSSR count). The van der Waals surface area contributed by atoms with E-state index in [9.17, 15) is 0 Å². The molecule has 0 fully saturated rings. The summed E-state index contributed by atoms with van der Waals surface area (Å²) >= 11 is 0. The minimum absolute atomic E-state index is 0.768. The first kappa shape index (κ1) is 35.8. The normalized spacial score (nSPS) is 11.9. The van der Waals surface area contributed by atoms with Crippen LogP contribution in [0.4, 0.5) is 0 Å². The molecule has 1 aromatic heterocycles. The van der Waals surface area contributed by atoms with Crippen LogP contribution < -0.4 is 5.73 Å². The van der Waals surface area contributed by atoms with Crippen molar-refractivity contribution in [2.75, 3.05) is 0 Å². The van der Waals surface area contributed by atoms with Gasteiger partial charge in [0.25, 0.3) is 0 Å². The molecule has 0 saturated heterocycles. The van der Waals surface area contributed by atoms with Gasteiger partial charge in [0.15, 0.2) is 0 Å². The second kappa shape index (κ2) is 15.6. The van der Waals surface area contributed by atoms with E-state index in [1.165, 1.54) is 82.8 Å². The quantitative estimate of drug-likeness (QED) is 0.125. The maximum Gasteiger partial charge on any atom is 0.0619 e. The summed E-state index contributed by atoms with van der Waals surface area (Å²) in [5, 5.41) is 16.3. The van der Waals surface area contributed by atoms with Crippen LogP contribution in [0.3, 0.4) is 0 Å². The van der Waals surface area contributed by atoms with Gasteiger partial charge in [0, 0.05) is 39.3 Å². The summed E-state index contributed by atoms with van der Waals surface area (Å²) in [6.07, 6.45) is 12.1. The lowest BCUT2D eigenvalue weighted by atomic mass is 9.95. The summed E-state index contributed by atoms with van der Waals surface area (Å²) < 4.78 is 2.45. The zero-order valence-electron chi connectivity index (χ0n) is 31.7. The molecule has 0 aliphatic heterocycles. The summed E-state index contributed by atoms with van der Waals surface area (Å²) in [7, 11) is 0. The summed E-state index contributed by atoms with van der Waals surface area (Å²) in [5.74, 6) is 0. The van der Waals surface area contributed by atoms with Crippen molar-refractivity contribution in [1.82, 2.24) is 4.57 Å². The molecule has 0 radical (unpaired) electrons. The van der Waals surface area contributed by atoms with Crippen LogP contribution in [0.2, 0.25) is 0 Å². The highest BCUT2D eigenvalue weighted by atomic mass is 15.0. The Morgan fingerprint density at radius 1 is 0.571 bits per heavy atom. The molecule has 0 atom stereocenters. The number of hydrogen-bond donors (Lipinski definition) is 2. The fourth-order valence-electron chi connectivity index (χ4n) is 7.80. The number of aromatic nitrogens is 1. The molecule has 0 amide bonds. The number of benzene rings is 8. The monoisotopic (exact) mass is 721 g/mol. The fourth-order valence-corrected chi connectivity index (χ4v) is 7.80. The van der Waals surface area contributed by atoms with Gasteiger partial charge in [-0.15, -0.1) is 0 Å². The van der Waals surface area contributed by atoms with Crippen LogP contribution in [0.25, 0.3) is 87.8 Å². The number of para-hydroxylation sites is 1. The zero-order valence-corrected chi connectivity index (χ0v) is 31.7. The van der Waals surface area contributed by atoms with Crippen LogP contribution in [0.1, 0.15) is 18.1 Å². The van der Waals surface area contributed by atoms with Crippen molar-refractivity contribution in [1.29, 1.82) is 5.41 Å². The van der Waals surface area contributed by atoms with Gasteiger partial charge in [0.2, 0.25) is 0 Å². The van der Waals surface area contributed by atoms with Gasteiger partial charge >= 0.3 is 0 Å². The van der Waals surface area contributed by atoms with Gasteiger partial charge in [0.05, 0.1) is 11.0 Å². The first-order chi connectivity index (χ1) is 27.5. The van der Waals surface area contributed by atoms with E-state index < -0.39 is 0 Å². The van der Waals surface area contributed by atoms with E-state index in [0.717, 1.165) is 22.3 Å². The maximum atomic E-state index is 6.46. The predicted octanol–water partition coefficient (Wildman–Crippen LogP) is 14.1. The van der Waals surface area contributed by atoms with Crippen molar-refractivity contribution in [3.63, 3.8) is 0 Å². The molecule has 0 bridgehead atoms. The van der Waals surface area contributed by atoms with E-state index in [1.54, 1.807) is 18.2 Å². The van der Waals surface area contributed by atoms with Crippen LogP contribution in [0, 0.1) is 12.3 Å². The van der Waals surface area contributed by atoms with Crippen molar-refractivity contribution < 1.29 is 0 Å². The fraction of sp³-hybridized carbons (Fsp3) is 0.0377. The number of allylic oxidation sites excluding steroid dienone is 6. The molecule has 8 aromatic carbocycles. The Bertz CT molecular complexity index is 3020. The summed E-state index contributed by atoms with van der Waals surface area (Å²) in [6, 6.07) is 55.6. The number of nitrogens with two attached hydrogens (primary N) is 1. The molecule has 3 nitrogen and oxygen atoms in total. The molecule has 56 heavy (non-hydrogen) atoms. The lowest BCUT2D eigenvalue weighted by Crippen LogP contribution is -1.96. The van der Waals surface area contributed by atoms with E-state index in [1.807, 2.05) is 25.2 Å². The Morgan fingerprint density at radius 3 is 1.82 bits per heavy atom. The number of hydrogen-bond acceptors (Lipinski definition) is 2. The van der Waals surface area contributed by atoms with Crippen molar-refractivity contribution in [3.8, 4) is 27.9 Å². The van der Waals surface area contributed by atoms with Crippen molar-refractivity contribution in [3.05, 3.63) is 206 Å². The molecule has 9 aromatic rings. The smallest absolute Gasteiger partial charge is 0.0619 e. The molecular formula is C53H43N3. The Balaban J connectivity index is 0.000000684. The second-order valence-corrected chi connectivity index (χ2v) is 14.0. The lowest BCUT2D eigenvalue weighted by Gasteiger charge is -2.12. The third-order valence-corrected chi connectivity index (χ3v) is 10.5. The molecule has 0 saturated carbocycles. The molecule has 0 aliphatic carbocycles. The number of fused-ring (bicyclic) bond motifs is 7. The minimum Gasteiger partial charge on any atom is -0.398 e. The Morgan fingerprint density at radius 2 is 1.16 bits per heavy atom. The molecule has 1 heterocycles. The van der Waals surface area contributed by atoms with Crippen molar-refractivity contribution >= 4 is 66.0 Å². The topological polar surface area (TPSA) is 54.8 Å². The number of nitrogens with one attached hydrogen (secondary N) is 1. The SMILES string of the molecule is C/C=C\C=C(/N)c1cccc2cc(-c3ccc4c(ccc5c6ccc(-c7ccc8c(C)cccc8c7)cc6n(-c6ccccc6)c45)c3)ccc12.C=C/C=C\C=N. The number of rotatable bonds is 7. The first-order valence-corrected chi connectivity index (χ1v) is 19.0. The summed E-state index contributed by atoms with van der Waals surface area (Å²) in [6.45, 7) is 7.59. The van der Waals surface area contributed by atoms with Gasteiger partial charge in [0.1, 0.15) is 0 Å². The highest BCUT2D eigenvalue weighted by Gasteiger charge is 2.17. The van der Waals surface area contributed by atoms with E-state index in [2.05, 4.69) is 170 Å². The first-order valence-electron chi connectivity index (χ1n) is 19.0. The molecule has 3 heteroatoms. The Kier molecular flexibility index (Phi) is 9.99. The van der Waals surface area contributed by atoms with E-state index >= 15 is 0 Å². The Hall–Kier alpha value is -7.23. The molecular weight excluding hydrogens is 679 g/mol. The second-order valence-electron chi connectivity index (χ2n) is 14.0. The van der Waals surface area contributed by atoms with Crippen molar-refractivity contribution in [2.24, 2.45) is 5.73 Å². The van der Waals surface area contributed by atoms with E-state index in [0.29, 0.717) is 0 Å².